The summed E-state index contributed by atoms with van der Waals surface area (Å²) in [6.07, 6.45) is 5.08. The molecule has 1 saturated carbocycles. The minimum atomic E-state index is 0.466. The number of anilines is 1. The summed E-state index contributed by atoms with van der Waals surface area (Å²) in [7, 11) is 0. The predicted octanol–water partition coefficient (Wildman–Crippen LogP) is 5.20. The molecule has 2 aromatic rings. The molecule has 1 aliphatic carbocycles. The van der Waals surface area contributed by atoms with E-state index >= 15 is 0 Å². The molecule has 0 saturated heterocycles. The zero-order valence-electron chi connectivity index (χ0n) is 12.2. The molecule has 0 aliphatic heterocycles. The van der Waals surface area contributed by atoms with Gasteiger partial charge in [0.1, 0.15) is 0 Å². The average Bonchev–Trinajstić information content (AvgIpc) is 3.32. The van der Waals surface area contributed by atoms with Gasteiger partial charge < -0.3 is 5.32 Å². The van der Waals surface area contributed by atoms with Gasteiger partial charge in [-0.3, -0.25) is 0 Å². The lowest BCUT2D eigenvalue weighted by molar-refractivity contribution is 0.679. The molecule has 3 rings (SSSR count). The zero-order chi connectivity index (χ0) is 13.8. The van der Waals surface area contributed by atoms with Gasteiger partial charge in [-0.25, -0.2) is 0 Å². The molecule has 1 N–H and O–H groups in total. The Morgan fingerprint density at radius 2 is 1.70 bits per heavy atom. The highest BCUT2D eigenvalue weighted by atomic mass is 14.9. The van der Waals surface area contributed by atoms with Gasteiger partial charge in [-0.15, -0.1) is 0 Å². The van der Waals surface area contributed by atoms with E-state index < -0.39 is 0 Å². The van der Waals surface area contributed by atoms with Gasteiger partial charge in [0.05, 0.1) is 6.04 Å². The Morgan fingerprint density at radius 1 is 1.00 bits per heavy atom. The molecule has 0 bridgehead atoms. The first-order chi connectivity index (χ1) is 9.86. The van der Waals surface area contributed by atoms with Gasteiger partial charge in [-0.1, -0.05) is 55.8 Å². The lowest BCUT2D eigenvalue weighted by Gasteiger charge is -2.20. The maximum absolute atomic E-state index is 3.73. The highest BCUT2D eigenvalue weighted by molar-refractivity contribution is 5.47. The minimum Gasteiger partial charge on any atom is -0.378 e. The Balaban J connectivity index is 1.73. The summed E-state index contributed by atoms with van der Waals surface area (Å²) in [4.78, 5) is 0. The van der Waals surface area contributed by atoms with Crippen molar-refractivity contribution < 1.29 is 0 Å². The van der Waals surface area contributed by atoms with Crippen LogP contribution in [0.5, 0.6) is 0 Å². The molecule has 0 amide bonds. The first kappa shape index (κ1) is 13.2. The van der Waals surface area contributed by atoms with Crippen molar-refractivity contribution in [3.8, 4) is 0 Å². The smallest absolute Gasteiger partial charge is 0.0542 e. The second-order valence-corrected chi connectivity index (χ2v) is 5.82. The monoisotopic (exact) mass is 265 g/mol. The molecule has 0 aromatic heterocycles. The molecule has 1 heteroatoms. The maximum atomic E-state index is 3.73. The van der Waals surface area contributed by atoms with Crippen molar-refractivity contribution in [2.24, 2.45) is 5.92 Å². The third kappa shape index (κ3) is 3.22. The Labute approximate surface area is 122 Å². The van der Waals surface area contributed by atoms with Crippen LogP contribution in [0.2, 0.25) is 0 Å². The van der Waals surface area contributed by atoms with E-state index in [1.54, 1.807) is 0 Å². The van der Waals surface area contributed by atoms with Gasteiger partial charge in [0.2, 0.25) is 0 Å². The second kappa shape index (κ2) is 6.13. The third-order valence-electron chi connectivity index (χ3n) is 4.07. The van der Waals surface area contributed by atoms with E-state index in [-0.39, 0.29) is 0 Å². The highest BCUT2D eigenvalue weighted by Crippen LogP contribution is 2.42. The number of hydrogen-bond donors (Lipinski definition) is 1. The molecule has 2 aromatic carbocycles. The van der Waals surface area contributed by atoms with Crippen LogP contribution >= 0.6 is 0 Å². The molecule has 20 heavy (non-hydrogen) atoms. The summed E-state index contributed by atoms with van der Waals surface area (Å²) in [5.74, 6) is 0.799. The molecule has 0 heterocycles. The van der Waals surface area contributed by atoms with E-state index in [0.29, 0.717) is 6.04 Å². The molecule has 104 valence electrons. The first-order valence-corrected chi connectivity index (χ1v) is 7.77. The normalized spacial score (nSPS) is 15.8. The summed E-state index contributed by atoms with van der Waals surface area (Å²) < 4.78 is 0. The van der Waals surface area contributed by atoms with Crippen LogP contribution in [0.15, 0.2) is 54.6 Å². The molecule has 1 aliphatic rings. The average molecular weight is 265 g/mol. The molecule has 0 radical (unpaired) electrons. The summed E-state index contributed by atoms with van der Waals surface area (Å²) in [6.45, 7) is 2.23. The second-order valence-electron chi connectivity index (χ2n) is 5.82. The summed E-state index contributed by atoms with van der Waals surface area (Å²) >= 11 is 0. The van der Waals surface area contributed by atoms with Crippen molar-refractivity contribution in [3.63, 3.8) is 0 Å². The zero-order valence-corrected chi connectivity index (χ0v) is 12.2. The van der Waals surface area contributed by atoms with E-state index in [2.05, 4.69) is 66.8 Å². The van der Waals surface area contributed by atoms with E-state index in [1.165, 1.54) is 42.5 Å². The van der Waals surface area contributed by atoms with Crippen LogP contribution in [0.3, 0.4) is 0 Å². The molecule has 0 spiro atoms. The van der Waals surface area contributed by atoms with Crippen molar-refractivity contribution in [3.05, 3.63) is 65.7 Å². The standard InChI is InChI=1S/C19H23N/c1-2-6-15-9-13-18(14-10-15)20-19(17-11-12-17)16-7-4-3-5-8-16/h3-5,7-10,13-14,17,19-20H,2,6,11-12H2,1H3. The quantitative estimate of drug-likeness (QED) is 0.756. The molecule has 1 nitrogen and oxygen atoms in total. The number of benzene rings is 2. The van der Waals surface area contributed by atoms with Crippen LogP contribution < -0.4 is 5.32 Å². The summed E-state index contributed by atoms with van der Waals surface area (Å²) in [5.41, 5.74) is 4.08. The summed E-state index contributed by atoms with van der Waals surface area (Å²) in [5, 5.41) is 3.73. The van der Waals surface area contributed by atoms with E-state index in [9.17, 15) is 0 Å². The van der Waals surface area contributed by atoms with Crippen LogP contribution in [0.25, 0.3) is 0 Å². The van der Waals surface area contributed by atoms with Crippen molar-refractivity contribution in [1.29, 1.82) is 0 Å². The Bertz CT molecular complexity index is 525. The topological polar surface area (TPSA) is 12.0 Å². The van der Waals surface area contributed by atoms with Crippen molar-refractivity contribution in [2.45, 2.75) is 38.6 Å². The lowest BCUT2D eigenvalue weighted by Crippen LogP contribution is -2.12. The van der Waals surface area contributed by atoms with E-state index in [1.807, 2.05) is 0 Å². The Kier molecular flexibility index (Phi) is 4.05. The fourth-order valence-electron chi connectivity index (χ4n) is 2.80. The molecular weight excluding hydrogens is 242 g/mol. The van der Waals surface area contributed by atoms with Crippen LogP contribution in [-0.2, 0) is 6.42 Å². The number of hydrogen-bond acceptors (Lipinski definition) is 1. The van der Waals surface area contributed by atoms with E-state index in [0.717, 1.165) is 5.92 Å². The van der Waals surface area contributed by atoms with Crippen molar-refractivity contribution in [2.75, 3.05) is 5.32 Å². The van der Waals surface area contributed by atoms with Crippen LogP contribution in [0.4, 0.5) is 5.69 Å². The van der Waals surface area contributed by atoms with Gasteiger partial charge in [0.25, 0.3) is 0 Å². The Morgan fingerprint density at radius 3 is 2.30 bits per heavy atom. The first-order valence-electron chi connectivity index (χ1n) is 7.77. The van der Waals surface area contributed by atoms with Crippen LogP contribution in [0, 0.1) is 5.92 Å². The van der Waals surface area contributed by atoms with Crippen LogP contribution in [0.1, 0.15) is 43.4 Å². The lowest BCUT2D eigenvalue weighted by atomic mass is 10.0. The predicted molar refractivity (Wildman–Crippen MR) is 86.0 cm³/mol. The molecule has 1 fully saturated rings. The molecular formula is C19H23N. The highest BCUT2D eigenvalue weighted by Gasteiger charge is 2.32. The fourth-order valence-corrected chi connectivity index (χ4v) is 2.80. The van der Waals surface area contributed by atoms with Gasteiger partial charge in [0, 0.05) is 5.69 Å². The summed E-state index contributed by atoms with van der Waals surface area (Å²) in [6, 6.07) is 20.3. The van der Waals surface area contributed by atoms with Crippen molar-refractivity contribution in [1.82, 2.24) is 0 Å². The van der Waals surface area contributed by atoms with Crippen molar-refractivity contribution >= 4 is 5.69 Å². The van der Waals surface area contributed by atoms with Crippen LogP contribution in [-0.4, -0.2) is 0 Å². The van der Waals surface area contributed by atoms with Gasteiger partial charge in [-0.05, 0) is 48.4 Å². The fraction of sp³-hybridized carbons (Fsp3) is 0.368. The SMILES string of the molecule is CCCc1ccc(NC(c2ccccc2)C2CC2)cc1. The molecule has 1 atom stereocenters. The minimum absolute atomic E-state index is 0.466. The van der Waals surface area contributed by atoms with Gasteiger partial charge in [-0.2, -0.15) is 0 Å². The van der Waals surface area contributed by atoms with E-state index in [4.69, 9.17) is 0 Å². The number of nitrogens with one attached hydrogen (secondary N) is 1. The Hall–Kier alpha value is -1.76. The largest absolute Gasteiger partial charge is 0.378 e. The maximum Gasteiger partial charge on any atom is 0.0542 e. The number of aryl methyl sites for hydroxylation is 1. The third-order valence-corrected chi connectivity index (χ3v) is 4.07. The van der Waals surface area contributed by atoms with Gasteiger partial charge in [0.15, 0.2) is 0 Å². The molecule has 1 unspecified atom stereocenters. The van der Waals surface area contributed by atoms with Gasteiger partial charge >= 0.3 is 0 Å². The number of rotatable bonds is 6.